The van der Waals surface area contributed by atoms with Crippen LogP contribution in [0.15, 0.2) is 53.7 Å². The van der Waals surface area contributed by atoms with E-state index in [0.29, 0.717) is 11.2 Å². The summed E-state index contributed by atoms with van der Waals surface area (Å²) < 4.78 is 0. The molecule has 1 unspecified atom stereocenters. The van der Waals surface area contributed by atoms with Crippen molar-refractivity contribution in [2.75, 3.05) is 32.7 Å². The maximum absolute atomic E-state index is 5.85. The molecular formula is C22H31ClIN5. The minimum absolute atomic E-state index is 0. The number of halogens is 2. The van der Waals surface area contributed by atoms with Gasteiger partial charge in [0, 0.05) is 19.3 Å². The fourth-order valence-electron chi connectivity index (χ4n) is 3.56. The first-order valence-electron chi connectivity index (χ1n) is 10.2. The monoisotopic (exact) mass is 527 g/mol. The summed E-state index contributed by atoms with van der Waals surface area (Å²) in [6, 6.07) is 14.9. The second-order valence-corrected chi connectivity index (χ2v) is 7.44. The number of hydrogen-bond acceptors (Lipinski definition) is 3. The molecule has 1 aliphatic rings. The van der Waals surface area contributed by atoms with Gasteiger partial charge in [-0.2, -0.15) is 0 Å². The number of hydrogen-bond donors (Lipinski definition) is 2. The van der Waals surface area contributed by atoms with Crippen molar-refractivity contribution in [2.24, 2.45) is 4.99 Å². The number of guanidine groups is 1. The first kappa shape index (κ1) is 23.9. The maximum Gasteiger partial charge on any atom is 0.191 e. The van der Waals surface area contributed by atoms with Gasteiger partial charge >= 0.3 is 0 Å². The van der Waals surface area contributed by atoms with E-state index in [1.54, 1.807) is 0 Å². The molecule has 1 fully saturated rings. The van der Waals surface area contributed by atoms with Gasteiger partial charge in [0.25, 0.3) is 0 Å². The van der Waals surface area contributed by atoms with Gasteiger partial charge in [-0.25, -0.2) is 4.98 Å². The van der Waals surface area contributed by atoms with Crippen molar-refractivity contribution >= 4 is 41.5 Å². The van der Waals surface area contributed by atoms with Crippen LogP contribution in [0, 0.1) is 0 Å². The Balaban J connectivity index is 0.00000300. The van der Waals surface area contributed by atoms with Crippen molar-refractivity contribution in [1.82, 2.24) is 20.5 Å². The van der Waals surface area contributed by atoms with Crippen LogP contribution in [0.1, 0.15) is 36.9 Å². The zero-order valence-corrected chi connectivity index (χ0v) is 20.1. The highest BCUT2D eigenvalue weighted by Gasteiger charge is 2.23. The van der Waals surface area contributed by atoms with Gasteiger partial charge in [-0.05, 0) is 56.5 Å². The minimum Gasteiger partial charge on any atom is -0.357 e. The van der Waals surface area contributed by atoms with Crippen molar-refractivity contribution in [1.29, 1.82) is 0 Å². The molecule has 2 aromatic rings. The summed E-state index contributed by atoms with van der Waals surface area (Å²) >= 11 is 5.85. The Hall–Kier alpha value is -1.38. The Kier molecular flexibility index (Phi) is 10.7. The molecule has 1 aromatic carbocycles. The molecule has 2 N–H and O–H groups in total. The Morgan fingerprint density at radius 2 is 1.90 bits per heavy atom. The molecule has 7 heteroatoms. The number of rotatable bonds is 8. The number of benzene rings is 1. The van der Waals surface area contributed by atoms with E-state index < -0.39 is 0 Å². The molecule has 1 aliphatic heterocycles. The van der Waals surface area contributed by atoms with Crippen LogP contribution in [-0.4, -0.2) is 48.6 Å². The highest BCUT2D eigenvalue weighted by molar-refractivity contribution is 14.0. The zero-order valence-electron chi connectivity index (χ0n) is 17.0. The Labute approximate surface area is 196 Å². The Bertz CT molecular complexity index is 733. The lowest BCUT2D eigenvalue weighted by Crippen LogP contribution is -2.39. The maximum atomic E-state index is 5.85. The third-order valence-corrected chi connectivity index (χ3v) is 5.25. The molecule has 0 amide bonds. The SMILES string of the molecule is CCNC(=NCC(c1ccccc1)N1CCCC1)NCCc1ccc(Cl)nc1.I. The summed E-state index contributed by atoms with van der Waals surface area (Å²) in [4.78, 5) is 11.6. The van der Waals surface area contributed by atoms with Crippen LogP contribution in [-0.2, 0) is 6.42 Å². The molecule has 5 nitrogen and oxygen atoms in total. The third kappa shape index (κ3) is 7.75. The van der Waals surface area contributed by atoms with E-state index in [1.165, 1.54) is 18.4 Å². The molecule has 1 saturated heterocycles. The molecule has 3 rings (SSSR count). The van der Waals surface area contributed by atoms with Gasteiger partial charge in [0.1, 0.15) is 5.15 Å². The number of aromatic nitrogens is 1. The molecule has 0 spiro atoms. The summed E-state index contributed by atoms with van der Waals surface area (Å²) in [5.41, 5.74) is 2.50. The molecule has 158 valence electrons. The molecule has 1 aromatic heterocycles. The molecule has 0 aliphatic carbocycles. The van der Waals surface area contributed by atoms with Gasteiger partial charge in [0.15, 0.2) is 5.96 Å². The molecule has 2 heterocycles. The van der Waals surface area contributed by atoms with Gasteiger partial charge in [-0.1, -0.05) is 48.0 Å². The Morgan fingerprint density at radius 3 is 2.55 bits per heavy atom. The molecule has 0 bridgehead atoms. The van der Waals surface area contributed by atoms with Gasteiger partial charge in [-0.15, -0.1) is 24.0 Å². The fraction of sp³-hybridized carbons (Fsp3) is 0.455. The summed E-state index contributed by atoms with van der Waals surface area (Å²) in [5.74, 6) is 0.865. The first-order chi connectivity index (χ1) is 13.8. The summed E-state index contributed by atoms with van der Waals surface area (Å²) in [5, 5.41) is 7.33. The molecule has 29 heavy (non-hydrogen) atoms. The van der Waals surface area contributed by atoms with E-state index in [4.69, 9.17) is 16.6 Å². The van der Waals surface area contributed by atoms with E-state index in [2.05, 4.69) is 57.8 Å². The van der Waals surface area contributed by atoms with Gasteiger partial charge in [-0.3, -0.25) is 9.89 Å². The van der Waals surface area contributed by atoms with Crippen LogP contribution in [0.4, 0.5) is 0 Å². The average Bonchev–Trinajstić information content (AvgIpc) is 3.25. The number of nitrogens with one attached hydrogen (secondary N) is 2. The average molecular weight is 528 g/mol. The normalized spacial score (nSPS) is 15.6. The lowest BCUT2D eigenvalue weighted by atomic mass is 10.1. The highest BCUT2D eigenvalue weighted by Crippen LogP contribution is 2.25. The topological polar surface area (TPSA) is 52.6 Å². The van der Waals surface area contributed by atoms with E-state index in [1.807, 2.05) is 18.3 Å². The van der Waals surface area contributed by atoms with Crippen LogP contribution in [0.2, 0.25) is 5.15 Å². The third-order valence-electron chi connectivity index (χ3n) is 5.03. The lowest BCUT2D eigenvalue weighted by Gasteiger charge is -2.27. The number of pyridine rings is 1. The predicted molar refractivity (Wildman–Crippen MR) is 132 cm³/mol. The van der Waals surface area contributed by atoms with E-state index in [9.17, 15) is 0 Å². The van der Waals surface area contributed by atoms with Gasteiger partial charge in [0.05, 0.1) is 12.6 Å². The van der Waals surface area contributed by atoms with Crippen LogP contribution in [0.5, 0.6) is 0 Å². The number of likely N-dealkylation sites (tertiary alicyclic amines) is 1. The molecular weight excluding hydrogens is 497 g/mol. The van der Waals surface area contributed by atoms with Crippen LogP contribution < -0.4 is 10.6 Å². The van der Waals surface area contributed by atoms with Crippen LogP contribution >= 0.6 is 35.6 Å². The largest absolute Gasteiger partial charge is 0.357 e. The van der Waals surface area contributed by atoms with E-state index in [0.717, 1.165) is 50.7 Å². The second kappa shape index (κ2) is 13.0. The Morgan fingerprint density at radius 1 is 1.14 bits per heavy atom. The summed E-state index contributed by atoms with van der Waals surface area (Å²) in [6.07, 6.45) is 5.26. The van der Waals surface area contributed by atoms with Crippen molar-refractivity contribution in [2.45, 2.75) is 32.2 Å². The van der Waals surface area contributed by atoms with Crippen molar-refractivity contribution in [3.05, 3.63) is 64.9 Å². The van der Waals surface area contributed by atoms with Crippen LogP contribution in [0.3, 0.4) is 0 Å². The van der Waals surface area contributed by atoms with Gasteiger partial charge in [0.2, 0.25) is 0 Å². The predicted octanol–water partition coefficient (Wildman–Crippen LogP) is 4.29. The number of nitrogens with zero attached hydrogens (tertiary/aromatic N) is 3. The summed E-state index contributed by atoms with van der Waals surface area (Å²) in [7, 11) is 0. The minimum atomic E-state index is 0. The van der Waals surface area contributed by atoms with Crippen molar-refractivity contribution in [3.8, 4) is 0 Å². The smallest absolute Gasteiger partial charge is 0.191 e. The van der Waals surface area contributed by atoms with E-state index >= 15 is 0 Å². The fourth-order valence-corrected chi connectivity index (χ4v) is 3.67. The quantitative estimate of drug-likeness (QED) is 0.233. The second-order valence-electron chi connectivity index (χ2n) is 7.06. The van der Waals surface area contributed by atoms with Crippen molar-refractivity contribution < 1.29 is 0 Å². The number of aliphatic imine (C=N–C) groups is 1. The van der Waals surface area contributed by atoms with E-state index in [-0.39, 0.29) is 24.0 Å². The molecule has 0 saturated carbocycles. The zero-order chi connectivity index (χ0) is 19.6. The molecule has 1 atom stereocenters. The first-order valence-corrected chi connectivity index (χ1v) is 10.6. The van der Waals surface area contributed by atoms with Crippen molar-refractivity contribution in [3.63, 3.8) is 0 Å². The highest BCUT2D eigenvalue weighted by atomic mass is 127. The van der Waals surface area contributed by atoms with Crippen LogP contribution in [0.25, 0.3) is 0 Å². The summed E-state index contributed by atoms with van der Waals surface area (Å²) in [6.45, 7) is 6.80. The van der Waals surface area contributed by atoms with Gasteiger partial charge < -0.3 is 10.6 Å². The standard InChI is InChI=1S/C22H30ClN5.HI/c1-2-24-22(25-13-12-18-10-11-21(23)26-16-18)27-17-20(28-14-6-7-15-28)19-8-4-3-5-9-19;/h3-5,8-11,16,20H,2,6-7,12-15,17H2,1H3,(H2,24,25,27);1H. The lowest BCUT2D eigenvalue weighted by molar-refractivity contribution is 0.251. The molecule has 0 radical (unpaired) electrons.